The van der Waals surface area contributed by atoms with Crippen molar-refractivity contribution in [3.8, 4) is 11.5 Å². The smallest absolute Gasteiger partial charge is 0.416 e. The Balaban J connectivity index is 2.29. The minimum absolute atomic E-state index is 0.437. The number of rotatable bonds is 6. The molecular formula is C12H11O9PS2. The molecule has 24 heavy (non-hydrogen) atoms. The first-order chi connectivity index (χ1) is 11.1. The van der Waals surface area contributed by atoms with E-state index < -0.39 is 49.8 Å². The second-order valence-corrected chi connectivity index (χ2v) is 7.99. The number of benzene rings is 2. The molecule has 9 nitrogen and oxygen atoms in total. The molecule has 0 aromatic heterocycles. The van der Waals surface area contributed by atoms with E-state index in [0.29, 0.717) is 0 Å². The fourth-order valence-electron chi connectivity index (χ4n) is 1.70. The van der Waals surface area contributed by atoms with Crippen molar-refractivity contribution in [3.63, 3.8) is 0 Å². The highest BCUT2D eigenvalue weighted by atomic mass is 32.2. The highest BCUT2D eigenvalue weighted by molar-refractivity contribution is 7.86. The summed E-state index contributed by atoms with van der Waals surface area (Å²) in [5, 5.41) is 0. The first kappa shape index (κ1) is 18.4. The SMILES string of the molecule is O=[PH](Oc1ccccc1S(=O)(=O)O)Oc1ccccc1S(=O)(=O)O. The van der Waals surface area contributed by atoms with E-state index in [1.807, 2.05) is 0 Å². The molecular weight excluding hydrogens is 383 g/mol. The van der Waals surface area contributed by atoms with Gasteiger partial charge in [-0.05, 0) is 24.3 Å². The van der Waals surface area contributed by atoms with Gasteiger partial charge in [0.2, 0.25) is 0 Å². The van der Waals surface area contributed by atoms with Gasteiger partial charge in [0.05, 0.1) is 0 Å². The van der Waals surface area contributed by atoms with Gasteiger partial charge in [-0.25, -0.2) is 4.57 Å². The lowest BCUT2D eigenvalue weighted by molar-refractivity contribution is 0.403. The summed E-state index contributed by atoms with van der Waals surface area (Å²) in [4.78, 5) is -1.26. The summed E-state index contributed by atoms with van der Waals surface area (Å²) < 4.78 is 84.6. The lowest BCUT2D eigenvalue weighted by atomic mass is 10.3. The molecule has 0 saturated heterocycles. The van der Waals surface area contributed by atoms with Crippen molar-refractivity contribution in [2.24, 2.45) is 0 Å². The molecule has 0 aliphatic carbocycles. The van der Waals surface area contributed by atoms with Gasteiger partial charge in [0.1, 0.15) is 9.79 Å². The van der Waals surface area contributed by atoms with Crippen molar-refractivity contribution in [1.29, 1.82) is 0 Å². The lowest BCUT2D eigenvalue weighted by Crippen LogP contribution is -2.03. The maximum atomic E-state index is 11.9. The maximum absolute atomic E-state index is 11.9. The molecule has 2 rings (SSSR count). The fourth-order valence-corrected chi connectivity index (χ4v) is 3.83. The molecule has 0 radical (unpaired) electrons. The Morgan fingerprint density at radius 2 is 1.04 bits per heavy atom. The number of para-hydroxylation sites is 2. The monoisotopic (exact) mass is 394 g/mol. The molecule has 0 aliphatic rings. The van der Waals surface area contributed by atoms with Gasteiger partial charge < -0.3 is 9.05 Å². The Kier molecular flexibility index (Phi) is 5.31. The maximum Gasteiger partial charge on any atom is 0.419 e. The van der Waals surface area contributed by atoms with E-state index in [-0.39, 0.29) is 0 Å². The highest BCUT2D eigenvalue weighted by Crippen LogP contribution is 2.36. The zero-order valence-corrected chi connectivity index (χ0v) is 14.3. The summed E-state index contributed by atoms with van der Waals surface area (Å²) in [5.41, 5.74) is 0. The van der Waals surface area contributed by atoms with Gasteiger partial charge in [0.25, 0.3) is 20.2 Å². The van der Waals surface area contributed by atoms with Crippen molar-refractivity contribution in [3.05, 3.63) is 48.5 Å². The normalized spacial score (nSPS) is 12.1. The van der Waals surface area contributed by atoms with E-state index >= 15 is 0 Å². The zero-order valence-electron chi connectivity index (χ0n) is 11.7. The third-order valence-corrected chi connectivity index (χ3v) is 5.20. The van der Waals surface area contributed by atoms with Crippen molar-refractivity contribution in [2.45, 2.75) is 9.79 Å². The first-order valence-corrected chi connectivity index (χ1v) is 10.2. The summed E-state index contributed by atoms with van der Waals surface area (Å²) in [5.74, 6) is -0.874. The molecule has 12 heteroatoms. The van der Waals surface area contributed by atoms with E-state index in [4.69, 9.17) is 18.2 Å². The van der Waals surface area contributed by atoms with E-state index in [1.54, 1.807) is 0 Å². The van der Waals surface area contributed by atoms with Crippen LogP contribution in [0.15, 0.2) is 58.3 Å². The highest BCUT2D eigenvalue weighted by Gasteiger charge is 2.20. The predicted octanol–water partition coefficient (Wildman–Crippen LogP) is 2.03. The zero-order chi connectivity index (χ0) is 18.0. The predicted molar refractivity (Wildman–Crippen MR) is 82.8 cm³/mol. The molecule has 0 spiro atoms. The average molecular weight is 394 g/mol. The van der Waals surface area contributed by atoms with Crippen LogP contribution >= 0.6 is 8.25 Å². The minimum Gasteiger partial charge on any atom is -0.416 e. The van der Waals surface area contributed by atoms with Crippen molar-refractivity contribution in [1.82, 2.24) is 0 Å². The summed E-state index contributed by atoms with van der Waals surface area (Å²) in [6, 6.07) is 9.64. The quantitative estimate of drug-likeness (QED) is 0.555. The van der Waals surface area contributed by atoms with Crippen molar-refractivity contribution >= 4 is 28.5 Å². The molecule has 0 atom stereocenters. The van der Waals surface area contributed by atoms with E-state index in [1.165, 1.54) is 24.3 Å². The van der Waals surface area contributed by atoms with Gasteiger partial charge in [0, 0.05) is 0 Å². The average Bonchev–Trinajstić information content (AvgIpc) is 2.46. The standard InChI is InChI=1S/C12H11O9PS2/c13-22(20-9-5-1-3-7-11(9)23(14,15)16)21-10-6-2-4-8-12(10)24(17,18)19/h1-8,22H,(H,14,15,16)(H,17,18,19). The van der Waals surface area contributed by atoms with Gasteiger partial charge in [-0.2, -0.15) is 16.8 Å². The van der Waals surface area contributed by atoms with Crippen LogP contribution in [0.3, 0.4) is 0 Å². The van der Waals surface area contributed by atoms with E-state index in [2.05, 4.69) is 0 Å². The summed E-state index contributed by atoms with van der Waals surface area (Å²) in [6.07, 6.45) is 0. The molecule has 130 valence electrons. The molecule has 0 saturated carbocycles. The van der Waals surface area contributed by atoms with Crippen LogP contribution in [-0.2, 0) is 24.8 Å². The number of hydrogen-bond donors (Lipinski definition) is 2. The second kappa shape index (κ2) is 6.91. The molecule has 0 amide bonds. The third-order valence-electron chi connectivity index (χ3n) is 2.64. The topological polar surface area (TPSA) is 144 Å². The lowest BCUT2D eigenvalue weighted by Gasteiger charge is -2.11. The van der Waals surface area contributed by atoms with Crippen LogP contribution in [0, 0.1) is 0 Å². The van der Waals surface area contributed by atoms with Crippen LogP contribution in [0.25, 0.3) is 0 Å². The van der Waals surface area contributed by atoms with Gasteiger partial charge >= 0.3 is 8.25 Å². The van der Waals surface area contributed by atoms with E-state index in [9.17, 15) is 21.4 Å². The van der Waals surface area contributed by atoms with Gasteiger partial charge in [-0.1, -0.05) is 24.3 Å². The molecule has 0 bridgehead atoms. The fraction of sp³-hybridized carbons (Fsp3) is 0. The van der Waals surface area contributed by atoms with Gasteiger partial charge in [0.15, 0.2) is 11.5 Å². The molecule has 0 aliphatic heterocycles. The summed E-state index contributed by atoms with van der Waals surface area (Å²) >= 11 is 0. The Morgan fingerprint density at radius 3 is 1.38 bits per heavy atom. The molecule has 0 heterocycles. The molecule has 2 aromatic rings. The van der Waals surface area contributed by atoms with Crippen LogP contribution in [0.1, 0.15) is 0 Å². The first-order valence-electron chi connectivity index (χ1n) is 6.12. The summed E-state index contributed by atoms with van der Waals surface area (Å²) in [7, 11) is -12.7. The Morgan fingerprint density at radius 1 is 0.708 bits per heavy atom. The van der Waals surface area contributed by atoms with Crippen LogP contribution in [-0.4, -0.2) is 25.9 Å². The van der Waals surface area contributed by atoms with E-state index in [0.717, 1.165) is 24.3 Å². The van der Waals surface area contributed by atoms with Crippen molar-refractivity contribution < 1.29 is 39.6 Å². The van der Waals surface area contributed by atoms with Crippen molar-refractivity contribution in [2.75, 3.05) is 0 Å². The second-order valence-electron chi connectivity index (χ2n) is 4.30. The van der Waals surface area contributed by atoms with Crippen LogP contribution < -0.4 is 9.05 Å². The molecule has 2 N–H and O–H groups in total. The largest absolute Gasteiger partial charge is 0.419 e. The Bertz CT molecular complexity index is 904. The third kappa shape index (κ3) is 4.56. The molecule has 0 unspecified atom stereocenters. The summed E-state index contributed by atoms with van der Waals surface area (Å²) in [6.45, 7) is 0. The molecule has 2 aromatic carbocycles. The van der Waals surface area contributed by atoms with Crippen LogP contribution in [0.2, 0.25) is 0 Å². The minimum atomic E-state index is -4.62. The van der Waals surface area contributed by atoms with Gasteiger partial charge in [-0.3, -0.25) is 9.11 Å². The van der Waals surface area contributed by atoms with Crippen LogP contribution in [0.5, 0.6) is 11.5 Å². The van der Waals surface area contributed by atoms with Gasteiger partial charge in [-0.15, -0.1) is 0 Å². The number of hydrogen-bond acceptors (Lipinski definition) is 7. The molecule has 0 fully saturated rings. The Labute approximate surface area is 138 Å². The Hall–Kier alpha value is -1.91. The van der Waals surface area contributed by atoms with Crippen LogP contribution in [0.4, 0.5) is 0 Å².